The third-order valence-electron chi connectivity index (χ3n) is 7.57. The smallest absolute Gasteiger partial charge is 0.251 e. The Morgan fingerprint density at radius 2 is 1.76 bits per heavy atom. The molecule has 2 amide bonds. The zero-order valence-corrected chi connectivity index (χ0v) is 21.9. The number of ketones is 1. The van der Waals surface area contributed by atoms with E-state index in [-0.39, 0.29) is 24.1 Å². The summed E-state index contributed by atoms with van der Waals surface area (Å²) in [6, 6.07) is 19.7. The first-order chi connectivity index (χ1) is 18.5. The molecule has 0 bridgehead atoms. The average Bonchev–Trinajstić information content (AvgIpc) is 3.49. The Morgan fingerprint density at radius 1 is 1.03 bits per heavy atom. The molecule has 0 spiro atoms. The topological polar surface area (TPSA) is 83.4 Å². The molecule has 0 radical (unpaired) electrons. The highest BCUT2D eigenvalue weighted by atomic mass is 16.2. The lowest BCUT2D eigenvalue weighted by Gasteiger charge is -2.30. The van der Waals surface area contributed by atoms with Crippen molar-refractivity contribution in [2.45, 2.75) is 57.0 Å². The molecule has 38 heavy (non-hydrogen) atoms. The van der Waals surface area contributed by atoms with Crippen LogP contribution < -0.4 is 10.6 Å². The number of nitrogens with zero attached hydrogens (tertiary/aromatic N) is 2. The van der Waals surface area contributed by atoms with Crippen molar-refractivity contribution in [1.82, 2.24) is 20.1 Å². The van der Waals surface area contributed by atoms with Crippen LogP contribution in [-0.4, -0.2) is 58.8 Å². The molecule has 2 aliphatic rings. The number of likely N-dealkylation sites (tertiary alicyclic amines) is 1. The Kier molecular flexibility index (Phi) is 8.03. The van der Waals surface area contributed by atoms with Crippen molar-refractivity contribution in [3.8, 4) is 5.69 Å². The van der Waals surface area contributed by atoms with Crippen molar-refractivity contribution in [3.05, 3.63) is 89.7 Å². The summed E-state index contributed by atoms with van der Waals surface area (Å²) in [5.74, 6) is 0.175. The van der Waals surface area contributed by atoms with E-state index < -0.39 is 6.04 Å². The number of piperidine rings is 1. The Hall–Kier alpha value is -3.71. The van der Waals surface area contributed by atoms with Crippen LogP contribution in [-0.2, 0) is 9.59 Å². The number of hydrogen-bond acceptors (Lipinski definition) is 4. The van der Waals surface area contributed by atoms with Crippen LogP contribution in [0.4, 0.5) is 0 Å². The Bertz CT molecular complexity index is 1250. The fourth-order valence-corrected chi connectivity index (χ4v) is 5.23. The summed E-state index contributed by atoms with van der Waals surface area (Å²) in [5, 5.41) is 6.58. The predicted octanol–water partition coefficient (Wildman–Crippen LogP) is 4.00. The SMILES string of the molecule is Cc1ccc([C@@H]2C[C@H]2NCCC[C@H](NC(=O)c2ccc(-n3cccc3)cc2)C(=O)N2CCCC(=O)C2)cc1. The lowest BCUT2D eigenvalue weighted by Crippen LogP contribution is -2.51. The Balaban J connectivity index is 1.17. The maximum absolute atomic E-state index is 13.4. The maximum Gasteiger partial charge on any atom is 0.251 e. The van der Waals surface area contributed by atoms with Crippen molar-refractivity contribution in [2.24, 2.45) is 0 Å². The number of Topliss-reactive ketones (excluding diaryl/α,β-unsaturated/α-hetero) is 1. The molecule has 1 saturated heterocycles. The second-order valence-corrected chi connectivity index (χ2v) is 10.5. The fraction of sp³-hybridized carbons (Fsp3) is 0.387. The normalized spacial score (nSPS) is 19.7. The predicted molar refractivity (Wildman–Crippen MR) is 147 cm³/mol. The molecule has 2 heterocycles. The molecule has 198 valence electrons. The summed E-state index contributed by atoms with van der Waals surface area (Å²) in [6.07, 6.45) is 7.48. The molecule has 3 atom stereocenters. The van der Waals surface area contributed by atoms with Crippen molar-refractivity contribution in [1.29, 1.82) is 0 Å². The number of benzene rings is 2. The summed E-state index contributed by atoms with van der Waals surface area (Å²) in [6.45, 7) is 3.56. The molecule has 1 aliphatic carbocycles. The van der Waals surface area contributed by atoms with Gasteiger partial charge in [0.2, 0.25) is 5.91 Å². The third-order valence-corrected chi connectivity index (χ3v) is 7.57. The van der Waals surface area contributed by atoms with Gasteiger partial charge in [-0.05, 0) is 81.1 Å². The average molecular weight is 513 g/mol. The molecule has 2 fully saturated rings. The molecule has 1 aromatic heterocycles. The van der Waals surface area contributed by atoms with Crippen molar-refractivity contribution in [3.63, 3.8) is 0 Å². The van der Waals surface area contributed by atoms with Gasteiger partial charge < -0.3 is 20.1 Å². The second-order valence-electron chi connectivity index (χ2n) is 10.5. The number of aryl methyl sites for hydroxylation is 1. The number of carbonyl (C=O) groups is 3. The lowest BCUT2D eigenvalue weighted by molar-refractivity contribution is -0.139. The quantitative estimate of drug-likeness (QED) is 0.402. The first-order valence-electron chi connectivity index (χ1n) is 13.6. The highest BCUT2D eigenvalue weighted by Gasteiger charge is 2.37. The second kappa shape index (κ2) is 11.8. The van der Waals surface area contributed by atoms with Gasteiger partial charge in [-0.25, -0.2) is 0 Å². The highest BCUT2D eigenvalue weighted by Crippen LogP contribution is 2.40. The zero-order valence-electron chi connectivity index (χ0n) is 21.9. The largest absolute Gasteiger partial charge is 0.340 e. The fourth-order valence-electron chi connectivity index (χ4n) is 5.23. The maximum atomic E-state index is 13.4. The molecule has 7 heteroatoms. The van der Waals surface area contributed by atoms with Crippen LogP contribution in [0.25, 0.3) is 5.69 Å². The van der Waals surface area contributed by atoms with Gasteiger partial charge in [-0.1, -0.05) is 29.8 Å². The summed E-state index contributed by atoms with van der Waals surface area (Å²) < 4.78 is 1.97. The Labute approximate surface area is 224 Å². The van der Waals surface area contributed by atoms with E-state index in [1.54, 1.807) is 17.0 Å². The van der Waals surface area contributed by atoms with Gasteiger partial charge in [0.1, 0.15) is 6.04 Å². The number of carbonyl (C=O) groups excluding carboxylic acids is 3. The van der Waals surface area contributed by atoms with Crippen LogP contribution in [0.5, 0.6) is 0 Å². The van der Waals surface area contributed by atoms with E-state index in [4.69, 9.17) is 0 Å². The third kappa shape index (κ3) is 6.40. The highest BCUT2D eigenvalue weighted by molar-refractivity contribution is 5.98. The van der Waals surface area contributed by atoms with E-state index in [1.165, 1.54) is 11.1 Å². The van der Waals surface area contributed by atoms with Crippen molar-refractivity contribution < 1.29 is 14.4 Å². The number of rotatable bonds is 10. The van der Waals surface area contributed by atoms with Gasteiger partial charge in [-0.2, -0.15) is 0 Å². The molecule has 5 rings (SSSR count). The van der Waals surface area contributed by atoms with Gasteiger partial charge in [0, 0.05) is 48.6 Å². The monoisotopic (exact) mass is 512 g/mol. The minimum atomic E-state index is -0.661. The standard InChI is InChI=1S/C31H36N4O3/c1-22-8-10-23(11-9-22)27-20-29(27)32-16-4-7-28(31(38)35-19-5-6-26(36)21-35)33-30(37)24-12-14-25(15-13-24)34-17-2-3-18-34/h2-3,8-15,17-18,27-29,32H,4-7,16,19-21H2,1H3,(H,33,37)/t27-,28-,29+/m0/s1. The minimum absolute atomic E-state index is 0.0767. The molecule has 3 aromatic rings. The molecular weight excluding hydrogens is 476 g/mol. The summed E-state index contributed by atoms with van der Waals surface area (Å²) in [7, 11) is 0. The van der Waals surface area contributed by atoms with Crippen LogP contribution in [0.15, 0.2) is 73.1 Å². The van der Waals surface area contributed by atoms with Gasteiger partial charge in [0.25, 0.3) is 5.91 Å². The number of hydrogen-bond donors (Lipinski definition) is 2. The van der Waals surface area contributed by atoms with E-state index in [0.717, 1.165) is 25.1 Å². The van der Waals surface area contributed by atoms with E-state index in [9.17, 15) is 14.4 Å². The van der Waals surface area contributed by atoms with Gasteiger partial charge in [0.05, 0.1) is 6.54 Å². The van der Waals surface area contributed by atoms with Crippen LogP contribution >= 0.6 is 0 Å². The molecule has 2 aromatic carbocycles. The number of nitrogens with one attached hydrogen (secondary N) is 2. The van der Waals surface area contributed by atoms with Crippen molar-refractivity contribution >= 4 is 17.6 Å². The molecular formula is C31H36N4O3. The van der Waals surface area contributed by atoms with Crippen molar-refractivity contribution in [2.75, 3.05) is 19.6 Å². The van der Waals surface area contributed by atoms with Gasteiger partial charge in [-0.3, -0.25) is 14.4 Å². The van der Waals surface area contributed by atoms with E-state index in [0.29, 0.717) is 43.3 Å². The van der Waals surface area contributed by atoms with E-state index in [2.05, 4.69) is 41.8 Å². The first-order valence-corrected chi connectivity index (χ1v) is 13.6. The van der Waals surface area contributed by atoms with Crippen LogP contribution in [0.3, 0.4) is 0 Å². The number of amides is 2. The summed E-state index contributed by atoms with van der Waals surface area (Å²) >= 11 is 0. The molecule has 2 N–H and O–H groups in total. The van der Waals surface area contributed by atoms with Crippen LogP contribution in [0.2, 0.25) is 0 Å². The van der Waals surface area contributed by atoms with Gasteiger partial charge >= 0.3 is 0 Å². The first kappa shape index (κ1) is 25.9. The van der Waals surface area contributed by atoms with E-state index in [1.807, 2.05) is 41.2 Å². The number of aromatic nitrogens is 1. The molecule has 1 aliphatic heterocycles. The van der Waals surface area contributed by atoms with E-state index >= 15 is 0 Å². The van der Waals surface area contributed by atoms with Gasteiger partial charge in [-0.15, -0.1) is 0 Å². The zero-order chi connectivity index (χ0) is 26.5. The summed E-state index contributed by atoms with van der Waals surface area (Å²) in [4.78, 5) is 40.1. The summed E-state index contributed by atoms with van der Waals surface area (Å²) in [5.41, 5.74) is 4.10. The molecule has 7 nitrogen and oxygen atoms in total. The van der Waals surface area contributed by atoms with Gasteiger partial charge in [0.15, 0.2) is 5.78 Å². The molecule has 0 unspecified atom stereocenters. The Morgan fingerprint density at radius 3 is 2.47 bits per heavy atom. The lowest BCUT2D eigenvalue weighted by atomic mass is 10.0. The minimum Gasteiger partial charge on any atom is -0.340 e. The molecule has 1 saturated carbocycles. The van der Waals surface area contributed by atoms with Crippen LogP contribution in [0, 0.1) is 6.92 Å². The van der Waals surface area contributed by atoms with Crippen LogP contribution in [0.1, 0.15) is 59.5 Å².